The van der Waals surface area contributed by atoms with E-state index in [1.54, 1.807) is 0 Å². The summed E-state index contributed by atoms with van der Waals surface area (Å²) in [5.74, 6) is -1.38. The minimum absolute atomic E-state index is 0.274. The number of terminal acetylenes is 1. The van der Waals surface area contributed by atoms with Gasteiger partial charge in [0.1, 0.15) is 6.04 Å². The van der Waals surface area contributed by atoms with Gasteiger partial charge in [-0.15, -0.1) is 6.42 Å². The minimum Gasteiger partial charge on any atom is -0.481 e. The van der Waals surface area contributed by atoms with Crippen molar-refractivity contribution in [2.24, 2.45) is 0 Å². The summed E-state index contributed by atoms with van der Waals surface area (Å²) in [6.45, 7) is 0. The van der Waals surface area contributed by atoms with E-state index < -0.39 is 30.3 Å². The largest absolute Gasteiger partial charge is 0.481 e. The highest BCUT2D eigenvalue weighted by molar-refractivity contribution is 5.87. The van der Waals surface area contributed by atoms with Gasteiger partial charge in [-0.1, -0.05) is 5.92 Å². The summed E-state index contributed by atoms with van der Waals surface area (Å²) in [6.07, 6.45) is 3.86. The molecule has 0 saturated heterocycles. The van der Waals surface area contributed by atoms with Crippen molar-refractivity contribution >= 4 is 17.8 Å². The maximum Gasteiger partial charge on any atom is 0.326 e. The van der Waals surface area contributed by atoms with Gasteiger partial charge in [-0.2, -0.15) is 0 Å². The van der Waals surface area contributed by atoms with Crippen LogP contribution in [0.1, 0.15) is 12.8 Å². The van der Waals surface area contributed by atoms with Crippen molar-refractivity contribution in [2.75, 3.05) is 0 Å². The Morgan fingerprint density at radius 1 is 1.36 bits per heavy atom. The number of carboxylic acids is 2. The number of aliphatic carboxylic acids is 2. The average Bonchev–Trinajstić information content (AvgIpc) is 2.02. The lowest BCUT2D eigenvalue weighted by molar-refractivity contribution is -0.147. The van der Waals surface area contributed by atoms with Crippen molar-refractivity contribution < 1.29 is 24.6 Å². The Bertz CT molecular complexity index is 291. The molecule has 76 valence electrons. The van der Waals surface area contributed by atoms with E-state index in [1.165, 1.54) is 0 Å². The first-order valence-corrected chi connectivity index (χ1v) is 3.64. The molecule has 0 aromatic heterocycles. The van der Waals surface area contributed by atoms with Crippen molar-refractivity contribution in [3.05, 3.63) is 0 Å². The van der Waals surface area contributed by atoms with E-state index in [-0.39, 0.29) is 6.42 Å². The molecule has 1 amide bonds. The van der Waals surface area contributed by atoms with Crippen LogP contribution in [0.3, 0.4) is 0 Å². The molecule has 0 spiro atoms. The van der Waals surface area contributed by atoms with Crippen LogP contribution < -0.4 is 5.32 Å². The molecule has 0 bridgehead atoms. The average molecular weight is 199 g/mol. The van der Waals surface area contributed by atoms with E-state index >= 15 is 0 Å². The standard InChI is InChI=1S/C8H9NO5/c1-2-3-6(10)9-5(8(13)14)4-7(11)12/h1,5H,3-4H2,(H,9,10)(H,11,12)(H,13,14)/t5-/m1/s1. The zero-order valence-corrected chi connectivity index (χ0v) is 7.19. The lowest BCUT2D eigenvalue weighted by Crippen LogP contribution is -2.42. The van der Waals surface area contributed by atoms with Gasteiger partial charge in [-0.25, -0.2) is 4.79 Å². The summed E-state index contributed by atoms with van der Waals surface area (Å²) in [5.41, 5.74) is 0. The van der Waals surface area contributed by atoms with E-state index in [9.17, 15) is 14.4 Å². The molecule has 14 heavy (non-hydrogen) atoms. The van der Waals surface area contributed by atoms with Crippen LogP contribution in [-0.4, -0.2) is 34.1 Å². The second-order valence-electron chi connectivity index (χ2n) is 2.44. The Morgan fingerprint density at radius 3 is 2.29 bits per heavy atom. The van der Waals surface area contributed by atoms with Gasteiger partial charge in [0.05, 0.1) is 12.8 Å². The van der Waals surface area contributed by atoms with Crippen LogP contribution in [0.5, 0.6) is 0 Å². The number of nitrogens with one attached hydrogen (secondary N) is 1. The van der Waals surface area contributed by atoms with Crippen molar-refractivity contribution in [3.8, 4) is 12.3 Å². The molecule has 0 aromatic carbocycles. The van der Waals surface area contributed by atoms with Crippen LogP contribution in [0, 0.1) is 12.3 Å². The van der Waals surface area contributed by atoms with Crippen LogP contribution in [0.25, 0.3) is 0 Å². The van der Waals surface area contributed by atoms with Gasteiger partial charge in [-0.05, 0) is 0 Å². The Balaban J connectivity index is 4.24. The molecular weight excluding hydrogens is 190 g/mol. The predicted octanol–water partition coefficient (Wildman–Crippen LogP) is -0.946. The molecule has 0 radical (unpaired) electrons. The molecule has 0 fully saturated rings. The molecule has 0 aromatic rings. The third kappa shape index (κ3) is 4.77. The summed E-state index contributed by atoms with van der Waals surface area (Å²) in [5, 5.41) is 18.8. The Hall–Kier alpha value is -2.03. The third-order valence-electron chi connectivity index (χ3n) is 1.27. The maximum absolute atomic E-state index is 10.8. The van der Waals surface area contributed by atoms with E-state index in [0.717, 1.165) is 0 Å². The second kappa shape index (κ2) is 5.59. The molecule has 0 aliphatic heterocycles. The van der Waals surface area contributed by atoms with Crippen LogP contribution >= 0.6 is 0 Å². The highest BCUT2D eigenvalue weighted by atomic mass is 16.4. The molecule has 0 aliphatic rings. The van der Waals surface area contributed by atoms with Crippen LogP contribution in [0.4, 0.5) is 0 Å². The van der Waals surface area contributed by atoms with E-state index in [0.29, 0.717) is 0 Å². The Labute approximate surface area is 79.9 Å². The highest BCUT2D eigenvalue weighted by Gasteiger charge is 2.22. The van der Waals surface area contributed by atoms with Gasteiger partial charge in [0.2, 0.25) is 5.91 Å². The number of amides is 1. The summed E-state index contributed by atoms with van der Waals surface area (Å²) in [6, 6.07) is -1.44. The molecule has 6 nitrogen and oxygen atoms in total. The fraction of sp³-hybridized carbons (Fsp3) is 0.375. The van der Waals surface area contributed by atoms with E-state index in [4.69, 9.17) is 16.6 Å². The van der Waals surface area contributed by atoms with E-state index in [1.807, 2.05) is 11.2 Å². The third-order valence-corrected chi connectivity index (χ3v) is 1.27. The molecular formula is C8H9NO5. The highest BCUT2D eigenvalue weighted by Crippen LogP contribution is 1.93. The lowest BCUT2D eigenvalue weighted by atomic mass is 10.2. The number of carboxylic acid groups (broad SMARTS) is 2. The molecule has 6 heteroatoms. The summed E-state index contributed by atoms with van der Waals surface area (Å²) in [7, 11) is 0. The number of hydrogen-bond acceptors (Lipinski definition) is 3. The summed E-state index contributed by atoms with van der Waals surface area (Å²) >= 11 is 0. The maximum atomic E-state index is 10.8. The Morgan fingerprint density at radius 2 is 1.93 bits per heavy atom. The molecule has 0 unspecified atom stereocenters. The molecule has 0 rings (SSSR count). The van der Waals surface area contributed by atoms with Gasteiger partial charge >= 0.3 is 11.9 Å². The van der Waals surface area contributed by atoms with Crippen LogP contribution in [-0.2, 0) is 14.4 Å². The SMILES string of the molecule is C#CCC(=O)N[C@H](CC(=O)O)C(=O)O. The topological polar surface area (TPSA) is 104 Å². The minimum atomic E-state index is -1.44. The number of carbonyl (C=O) groups excluding carboxylic acids is 1. The Kier molecular flexibility index (Phi) is 4.78. The zero-order chi connectivity index (χ0) is 11.1. The first-order valence-electron chi connectivity index (χ1n) is 3.64. The first-order chi connectivity index (χ1) is 6.47. The van der Waals surface area contributed by atoms with Gasteiger partial charge < -0.3 is 15.5 Å². The van der Waals surface area contributed by atoms with Gasteiger partial charge in [0.25, 0.3) is 0 Å². The molecule has 0 heterocycles. The number of carbonyl (C=O) groups is 3. The fourth-order valence-electron chi connectivity index (χ4n) is 0.713. The molecule has 0 aliphatic carbocycles. The summed E-state index contributed by atoms with van der Waals surface area (Å²) < 4.78 is 0. The van der Waals surface area contributed by atoms with Crippen molar-refractivity contribution in [3.63, 3.8) is 0 Å². The van der Waals surface area contributed by atoms with Gasteiger partial charge in [0.15, 0.2) is 0 Å². The predicted molar refractivity (Wildman–Crippen MR) is 45.3 cm³/mol. The van der Waals surface area contributed by atoms with Crippen molar-refractivity contribution in [1.82, 2.24) is 5.32 Å². The number of hydrogen-bond donors (Lipinski definition) is 3. The van der Waals surface area contributed by atoms with E-state index in [2.05, 4.69) is 0 Å². The van der Waals surface area contributed by atoms with Gasteiger partial charge in [0, 0.05) is 0 Å². The van der Waals surface area contributed by atoms with Crippen LogP contribution in [0.2, 0.25) is 0 Å². The monoisotopic (exact) mass is 199 g/mol. The normalized spacial score (nSPS) is 11.1. The molecule has 3 N–H and O–H groups in total. The number of rotatable bonds is 5. The fourth-order valence-corrected chi connectivity index (χ4v) is 0.713. The van der Waals surface area contributed by atoms with Gasteiger partial charge in [-0.3, -0.25) is 9.59 Å². The molecule has 1 atom stereocenters. The summed E-state index contributed by atoms with van der Waals surface area (Å²) in [4.78, 5) is 31.5. The smallest absolute Gasteiger partial charge is 0.326 e. The van der Waals surface area contributed by atoms with Crippen molar-refractivity contribution in [2.45, 2.75) is 18.9 Å². The van der Waals surface area contributed by atoms with Crippen molar-refractivity contribution in [1.29, 1.82) is 0 Å². The molecule has 0 saturated carbocycles. The first kappa shape index (κ1) is 12.0. The lowest BCUT2D eigenvalue weighted by Gasteiger charge is -2.10. The second-order valence-corrected chi connectivity index (χ2v) is 2.44. The zero-order valence-electron chi connectivity index (χ0n) is 7.19. The quantitative estimate of drug-likeness (QED) is 0.495. The van der Waals surface area contributed by atoms with Crippen LogP contribution in [0.15, 0.2) is 0 Å².